The van der Waals surface area contributed by atoms with Crippen LogP contribution >= 0.6 is 0 Å². The first-order chi connectivity index (χ1) is 16.2. The Labute approximate surface area is 194 Å². The van der Waals surface area contributed by atoms with Crippen LogP contribution in [0.4, 0.5) is 0 Å². The van der Waals surface area contributed by atoms with Crippen molar-refractivity contribution in [3.63, 3.8) is 0 Å². The molecule has 0 bridgehead atoms. The third-order valence-corrected chi connectivity index (χ3v) is 6.08. The molecule has 3 aromatic rings. The van der Waals surface area contributed by atoms with Crippen molar-refractivity contribution in [3.8, 4) is 0 Å². The maximum Gasteiger partial charge on any atom is 0.272 e. The molecule has 4 N–H and O–H groups in total. The minimum absolute atomic E-state index is 0.136. The van der Waals surface area contributed by atoms with Crippen LogP contribution in [0.25, 0.3) is 0 Å². The van der Waals surface area contributed by atoms with Crippen LogP contribution in [-0.2, 0) is 4.74 Å². The Morgan fingerprint density at radius 3 is 1.44 bits per heavy atom. The van der Waals surface area contributed by atoms with Gasteiger partial charge in [-0.05, 0) is 0 Å². The summed E-state index contributed by atoms with van der Waals surface area (Å²) < 4.78 is 5.35. The molecule has 8 nitrogen and oxygen atoms in total. The minimum atomic E-state index is -3.52. The zero-order chi connectivity index (χ0) is 24.6. The first-order valence-corrected chi connectivity index (χ1v) is 10.5. The number of benzene rings is 3. The summed E-state index contributed by atoms with van der Waals surface area (Å²) in [5.41, 5.74) is -7.24. The fraction of sp³-hybridized carbons (Fsp3) is 0.192. The Bertz CT molecular complexity index is 1210. The van der Waals surface area contributed by atoms with Crippen LogP contribution in [0.1, 0.15) is 31.1 Å². The molecule has 1 fully saturated rings. The average Bonchev–Trinajstić information content (AvgIpc) is 3.08. The molecular weight excluding hydrogens is 440 g/mol. The topological polar surface area (TPSA) is 141 Å². The van der Waals surface area contributed by atoms with Gasteiger partial charge < -0.3 is 25.2 Å². The Hall–Kier alpha value is -3.53. The van der Waals surface area contributed by atoms with Crippen molar-refractivity contribution < 1.29 is 39.5 Å². The van der Waals surface area contributed by atoms with E-state index < -0.39 is 47.0 Å². The van der Waals surface area contributed by atoms with Crippen molar-refractivity contribution in [3.05, 3.63) is 108 Å². The highest BCUT2D eigenvalue weighted by atomic mass is 16.7. The summed E-state index contributed by atoms with van der Waals surface area (Å²) in [5.74, 6) is -7.22. The fourth-order valence-electron chi connectivity index (χ4n) is 4.29. The monoisotopic (exact) mass is 462 g/mol. The van der Waals surface area contributed by atoms with E-state index >= 15 is 0 Å². The predicted octanol–water partition coefficient (Wildman–Crippen LogP) is 1.18. The molecule has 0 aromatic heterocycles. The molecule has 0 radical (unpaired) electrons. The van der Waals surface area contributed by atoms with Gasteiger partial charge in [0.1, 0.15) is 6.10 Å². The fourth-order valence-corrected chi connectivity index (χ4v) is 4.29. The van der Waals surface area contributed by atoms with Gasteiger partial charge in [0, 0.05) is 16.7 Å². The van der Waals surface area contributed by atoms with E-state index in [4.69, 9.17) is 4.74 Å². The van der Waals surface area contributed by atoms with Crippen molar-refractivity contribution in [2.24, 2.45) is 0 Å². The molecular formula is C26H22O8. The number of hydrogen-bond donors (Lipinski definition) is 4. The van der Waals surface area contributed by atoms with Gasteiger partial charge in [0.05, 0.1) is 6.61 Å². The average molecular weight is 462 g/mol. The Morgan fingerprint density at radius 2 is 1.03 bits per heavy atom. The second-order valence-corrected chi connectivity index (χ2v) is 8.00. The molecule has 174 valence electrons. The van der Waals surface area contributed by atoms with E-state index in [0.29, 0.717) is 0 Å². The minimum Gasteiger partial charge on any atom is -0.394 e. The lowest BCUT2D eigenvalue weighted by atomic mass is 9.67. The molecule has 0 spiro atoms. The van der Waals surface area contributed by atoms with Gasteiger partial charge in [0.2, 0.25) is 23.0 Å². The summed E-state index contributed by atoms with van der Waals surface area (Å²) in [5, 5.41) is 45.1. The summed E-state index contributed by atoms with van der Waals surface area (Å²) in [6.45, 7) is -1.09. The van der Waals surface area contributed by atoms with E-state index in [1.165, 1.54) is 72.8 Å². The molecule has 0 unspecified atom stereocenters. The van der Waals surface area contributed by atoms with Gasteiger partial charge in [-0.15, -0.1) is 0 Å². The van der Waals surface area contributed by atoms with Crippen molar-refractivity contribution in [2.75, 3.05) is 6.61 Å². The first kappa shape index (κ1) is 23.6. The summed E-state index contributed by atoms with van der Waals surface area (Å²) in [6, 6.07) is 21.5. The zero-order valence-corrected chi connectivity index (χ0v) is 17.9. The maximum absolute atomic E-state index is 13.7. The number of aliphatic hydroxyl groups excluding tert-OH is 1. The van der Waals surface area contributed by atoms with Crippen LogP contribution in [-0.4, -0.2) is 67.5 Å². The van der Waals surface area contributed by atoms with Crippen LogP contribution in [0.15, 0.2) is 91.0 Å². The van der Waals surface area contributed by atoms with Gasteiger partial charge in [-0.3, -0.25) is 14.4 Å². The van der Waals surface area contributed by atoms with Gasteiger partial charge >= 0.3 is 0 Å². The van der Waals surface area contributed by atoms with Gasteiger partial charge in [-0.25, -0.2) is 0 Å². The lowest BCUT2D eigenvalue weighted by molar-refractivity contribution is -0.217. The molecule has 4 rings (SSSR count). The van der Waals surface area contributed by atoms with Gasteiger partial charge in [0.15, 0.2) is 5.60 Å². The second-order valence-electron chi connectivity index (χ2n) is 8.00. The number of rotatable bonds is 7. The number of Topliss-reactive ketones (excluding diaryl/α,β-unsaturated/α-hetero) is 3. The van der Waals surface area contributed by atoms with Gasteiger partial charge in [-0.1, -0.05) is 91.0 Å². The summed E-state index contributed by atoms with van der Waals surface area (Å²) in [4.78, 5) is 40.7. The maximum atomic E-state index is 13.7. The highest BCUT2D eigenvalue weighted by Crippen LogP contribution is 2.50. The molecule has 8 heteroatoms. The summed E-state index contributed by atoms with van der Waals surface area (Å²) >= 11 is 0. The Balaban J connectivity index is 1.98. The SMILES string of the molecule is O=C(c1ccccc1)[C@@]1(O)[C@@](O)(C(=O)c2ccccc2)[C@@H](CO)O[C@]1(O)C(=O)c1ccccc1. The van der Waals surface area contributed by atoms with Crippen LogP contribution in [0.2, 0.25) is 0 Å². The first-order valence-electron chi connectivity index (χ1n) is 10.5. The normalized spacial score (nSPS) is 28.4. The molecule has 34 heavy (non-hydrogen) atoms. The Kier molecular flexibility index (Phi) is 6.03. The molecule has 1 aliphatic heterocycles. The molecule has 0 saturated carbocycles. The predicted molar refractivity (Wildman–Crippen MR) is 119 cm³/mol. The second kappa shape index (κ2) is 8.68. The van der Waals surface area contributed by atoms with Crippen LogP contribution in [0, 0.1) is 0 Å². The largest absolute Gasteiger partial charge is 0.394 e. The molecule has 1 heterocycles. The van der Waals surface area contributed by atoms with Crippen molar-refractivity contribution in [1.82, 2.24) is 0 Å². The van der Waals surface area contributed by atoms with E-state index in [-0.39, 0.29) is 16.7 Å². The van der Waals surface area contributed by atoms with E-state index in [1.54, 1.807) is 18.2 Å². The summed E-state index contributed by atoms with van der Waals surface area (Å²) in [7, 11) is 0. The number of carbonyl (C=O) groups excluding carboxylic acids is 3. The molecule has 0 amide bonds. The zero-order valence-electron chi connectivity index (χ0n) is 17.9. The van der Waals surface area contributed by atoms with E-state index in [0.717, 1.165) is 0 Å². The van der Waals surface area contributed by atoms with Gasteiger partial charge in [-0.2, -0.15) is 0 Å². The van der Waals surface area contributed by atoms with Crippen molar-refractivity contribution in [1.29, 1.82) is 0 Å². The lowest BCUT2D eigenvalue weighted by Gasteiger charge is -2.40. The number of hydrogen-bond acceptors (Lipinski definition) is 8. The van der Waals surface area contributed by atoms with E-state index in [1.807, 2.05) is 0 Å². The number of ether oxygens (including phenoxy) is 1. The number of ketones is 3. The number of carbonyl (C=O) groups is 3. The molecule has 4 atom stereocenters. The van der Waals surface area contributed by atoms with E-state index in [9.17, 15) is 34.8 Å². The molecule has 1 saturated heterocycles. The Morgan fingerprint density at radius 1 is 0.647 bits per heavy atom. The third kappa shape index (κ3) is 3.24. The highest BCUT2D eigenvalue weighted by Gasteiger charge is 2.81. The molecule has 1 aliphatic rings. The van der Waals surface area contributed by atoms with Crippen molar-refractivity contribution >= 4 is 17.3 Å². The standard InChI is InChI=1S/C26H22O8/c27-16-20-24(31,21(28)17-10-4-1-5-11-17)25(32,22(29)18-12-6-2-7-13-18)26(33,34-20)23(30)19-14-8-3-9-15-19/h1-15,20,27,31-33H,16H2/t20-,24+,25-,26-/m1/s1. The van der Waals surface area contributed by atoms with E-state index in [2.05, 4.69) is 0 Å². The highest BCUT2D eigenvalue weighted by molar-refractivity contribution is 6.18. The summed E-state index contributed by atoms with van der Waals surface area (Å²) in [6.07, 6.45) is -2.02. The van der Waals surface area contributed by atoms with Crippen LogP contribution < -0.4 is 0 Å². The smallest absolute Gasteiger partial charge is 0.272 e. The third-order valence-electron chi connectivity index (χ3n) is 6.08. The van der Waals surface area contributed by atoms with Gasteiger partial charge in [0.25, 0.3) is 5.79 Å². The number of aliphatic hydroxyl groups is 4. The lowest BCUT2D eigenvalue weighted by Crippen LogP contribution is -2.73. The van der Waals surface area contributed by atoms with Crippen molar-refractivity contribution in [2.45, 2.75) is 23.1 Å². The quantitative estimate of drug-likeness (QED) is 0.384. The molecule has 0 aliphatic carbocycles. The van der Waals surface area contributed by atoms with Crippen LogP contribution in [0.3, 0.4) is 0 Å². The molecule has 3 aromatic carbocycles. The van der Waals surface area contributed by atoms with Crippen LogP contribution in [0.5, 0.6) is 0 Å².